The average molecular weight is 510 g/mol. The van der Waals surface area contributed by atoms with Crippen molar-refractivity contribution in [1.82, 2.24) is 14.9 Å². The fraction of sp³-hybridized carbons (Fsp3) is 0.611. The van der Waals surface area contributed by atoms with Crippen molar-refractivity contribution < 1.29 is 13.2 Å². The van der Waals surface area contributed by atoms with Gasteiger partial charge in [0, 0.05) is 47.4 Å². The van der Waals surface area contributed by atoms with Gasteiger partial charge in [-0.2, -0.15) is 0 Å². The lowest BCUT2D eigenvalue weighted by Crippen LogP contribution is -2.37. The van der Waals surface area contributed by atoms with Gasteiger partial charge in [-0.1, -0.05) is 12.1 Å². The maximum atomic E-state index is 12.1. The van der Waals surface area contributed by atoms with E-state index in [4.69, 9.17) is 4.74 Å². The quantitative estimate of drug-likeness (QED) is 0.218. The Morgan fingerprint density at radius 2 is 1.89 bits per heavy atom. The maximum absolute atomic E-state index is 12.1. The first-order valence-electron chi connectivity index (χ1n) is 8.97. The fourth-order valence-electron chi connectivity index (χ4n) is 2.31. The van der Waals surface area contributed by atoms with Gasteiger partial charge >= 0.3 is 0 Å². The summed E-state index contributed by atoms with van der Waals surface area (Å²) >= 11 is 0. The average Bonchev–Trinajstić information content (AvgIpc) is 3.45. The second-order valence-electron chi connectivity index (χ2n) is 6.66. The molecule has 0 amide bonds. The number of hydrogen-bond acceptors (Lipinski definition) is 4. The van der Waals surface area contributed by atoms with Crippen LogP contribution >= 0.6 is 24.0 Å². The van der Waals surface area contributed by atoms with E-state index >= 15 is 0 Å². The van der Waals surface area contributed by atoms with Gasteiger partial charge in [0.1, 0.15) is 0 Å². The molecule has 27 heavy (non-hydrogen) atoms. The summed E-state index contributed by atoms with van der Waals surface area (Å²) in [6.45, 7) is 3.03. The molecule has 0 atom stereocenters. The standard InChI is InChI=1S/C18H30N4O3S.HI/c1-19-18(20-11-4-12-25-14-16-5-6-16)21-13-15-7-9-17(10-8-15)26(23,24)22(2)3;/h7-10,16H,4-6,11-14H2,1-3H3,(H2,19,20,21);1H. The summed E-state index contributed by atoms with van der Waals surface area (Å²) in [6.07, 6.45) is 3.57. The molecule has 154 valence electrons. The SMILES string of the molecule is CN=C(NCCCOCC1CC1)NCc1ccc(S(=O)(=O)N(C)C)cc1.I. The van der Waals surface area contributed by atoms with Crippen LogP contribution in [0.15, 0.2) is 34.2 Å². The molecule has 0 saturated heterocycles. The highest BCUT2D eigenvalue weighted by Crippen LogP contribution is 2.28. The predicted octanol–water partition coefficient (Wildman–Crippen LogP) is 2.04. The molecule has 1 aliphatic rings. The second-order valence-corrected chi connectivity index (χ2v) is 8.81. The van der Waals surface area contributed by atoms with Gasteiger partial charge in [0.2, 0.25) is 10.0 Å². The van der Waals surface area contributed by atoms with Crippen LogP contribution < -0.4 is 10.6 Å². The molecule has 0 unspecified atom stereocenters. The molecular formula is C18H31IN4O3S. The number of nitrogens with one attached hydrogen (secondary N) is 2. The number of nitrogens with zero attached hydrogens (tertiary/aromatic N) is 2. The molecule has 0 heterocycles. The van der Waals surface area contributed by atoms with E-state index in [9.17, 15) is 8.42 Å². The van der Waals surface area contributed by atoms with Gasteiger partial charge in [-0.15, -0.1) is 24.0 Å². The molecule has 1 aromatic rings. The molecule has 1 saturated carbocycles. The van der Waals surface area contributed by atoms with Crippen molar-refractivity contribution in [3.8, 4) is 0 Å². The lowest BCUT2D eigenvalue weighted by molar-refractivity contribution is 0.123. The first-order chi connectivity index (χ1) is 12.4. The third-order valence-electron chi connectivity index (χ3n) is 4.19. The summed E-state index contributed by atoms with van der Waals surface area (Å²) in [4.78, 5) is 4.48. The summed E-state index contributed by atoms with van der Waals surface area (Å²) in [7, 11) is 1.39. The molecule has 9 heteroatoms. The Morgan fingerprint density at radius 1 is 1.22 bits per heavy atom. The highest BCUT2D eigenvalue weighted by atomic mass is 127. The molecule has 1 aliphatic carbocycles. The lowest BCUT2D eigenvalue weighted by atomic mass is 10.2. The van der Waals surface area contributed by atoms with Crippen LogP contribution in [-0.4, -0.2) is 59.6 Å². The molecule has 2 N–H and O–H groups in total. The van der Waals surface area contributed by atoms with Crippen molar-refractivity contribution >= 4 is 40.0 Å². The number of guanidine groups is 1. The summed E-state index contributed by atoms with van der Waals surface area (Å²) < 4.78 is 30.9. The molecule has 0 aliphatic heterocycles. The Labute approximate surface area is 180 Å². The van der Waals surface area contributed by atoms with Crippen LogP contribution in [0.4, 0.5) is 0 Å². The summed E-state index contributed by atoms with van der Waals surface area (Å²) in [5, 5.41) is 6.47. The third-order valence-corrected chi connectivity index (χ3v) is 6.02. The topological polar surface area (TPSA) is 83.0 Å². The molecule has 0 radical (unpaired) electrons. The number of aliphatic imine (C=N–C) groups is 1. The molecule has 0 aromatic heterocycles. The van der Waals surface area contributed by atoms with Crippen LogP contribution in [0.3, 0.4) is 0 Å². The van der Waals surface area contributed by atoms with E-state index in [1.165, 1.54) is 31.2 Å². The van der Waals surface area contributed by atoms with Crippen LogP contribution in [0.5, 0.6) is 0 Å². The number of sulfonamides is 1. The molecule has 1 fully saturated rings. The zero-order valence-electron chi connectivity index (χ0n) is 16.3. The van der Waals surface area contributed by atoms with Crippen molar-refractivity contribution in [3.05, 3.63) is 29.8 Å². The zero-order valence-corrected chi connectivity index (χ0v) is 19.4. The normalized spacial score (nSPS) is 14.7. The van der Waals surface area contributed by atoms with Crippen LogP contribution in [0.1, 0.15) is 24.8 Å². The lowest BCUT2D eigenvalue weighted by Gasteiger charge is -2.13. The minimum absolute atomic E-state index is 0. The second kappa shape index (κ2) is 11.8. The first-order valence-corrected chi connectivity index (χ1v) is 10.4. The van der Waals surface area contributed by atoms with E-state index in [1.807, 2.05) is 12.1 Å². The van der Waals surface area contributed by atoms with Crippen molar-refractivity contribution in [2.24, 2.45) is 10.9 Å². The first kappa shape index (κ1) is 24.1. The van der Waals surface area contributed by atoms with Crippen molar-refractivity contribution in [3.63, 3.8) is 0 Å². The van der Waals surface area contributed by atoms with E-state index in [0.717, 1.165) is 43.6 Å². The van der Waals surface area contributed by atoms with Crippen LogP contribution in [0.25, 0.3) is 0 Å². The van der Waals surface area contributed by atoms with Crippen LogP contribution in [-0.2, 0) is 21.3 Å². The smallest absolute Gasteiger partial charge is 0.242 e. The Balaban J connectivity index is 0.00000364. The number of halogens is 1. The van der Waals surface area contributed by atoms with E-state index in [1.54, 1.807) is 19.2 Å². The Hall–Kier alpha value is -0.910. The van der Waals surface area contributed by atoms with E-state index < -0.39 is 10.0 Å². The molecule has 1 aromatic carbocycles. The van der Waals surface area contributed by atoms with Gasteiger partial charge < -0.3 is 15.4 Å². The van der Waals surface area contributed by atoms with Crippen LogP contribution in [0.2, 0.25) is 0 Å². The molecular weight excluding hydrogens is 479 g/mol. The fourth-order valence-corrected chi connectivity index (χ4v) is 3.21. The number of benzene rings is 1. The molecule has 0 spiro atoms. The van der Waals surface area contributed by atoms with E-state index in [0.29, 0.717) is 11.4 Å². The number of ether oxygens (including phenoxy) is 1. The number of hydrogen-bond donors (Lipinski definition) is 2. The van der Waals surface area contributed by atoms with E-state index in [-0.39, 0.29) is 24.0 Å². The van der Waals surface area contributed by atoms with Gasteiger partial charge in [0.25, 0.3) is 0 Å². The third kappa shape index (κ3) is 8.32. The van der Waals surface area contributed by atoms with Crippen molar-refractivity contribution in [2.45, 2.75) is 30.7 Å². The minimum Gasteiger partial charge on any atom is -0.381 e. The van der Waals surface area contributed by atoms with Gasteiger partial charge in [-0.25, -0.2) is 12.7 Å². The Bertz CT molecular complexity index is 689. The van der Waals surface area contributed by atoms with Gasteiger partial charge in [0.05, 0.1) is 4.90 Å². The Kier molecular flexibility index (Phi) is 10.6. The van der Waals surface area contributed by atoms with Gasteiger partial charge in [-0.3, -0.25) is 4.99 Å². The largest absolute Gasteiger partial charge is 0.381 e. The summed E-state index contributed by atoms with van der Waals surface area (Å²) in [6, 6.07) is 6.87. The van der Waals surface area contributed by atoms with E-state index in [2.05, 4.69) is 15.6 Å². The van der Waals surface area contributed by atoms with Crippen molar-refractivity contribution in [2.75, 3.05) is 40.9 Å². The summed E-state index contributed by atoms with van der Waals surface area (Å²) in [5.41, 5.74) is 0.985. The monoisotopic (exact) mass is 510 g/mol. The molecule has 0 bridgehead atoms. The van der Waals surface area contributed by atoms with Crippen molar-refractivity contribution in [1.29, 1.82) is 0 Å². The molecule has 2 rings (SSSR count). The predicted molar refractivity (Wildman–Crippen MR) is 119 cm³/mol. The number of rotatable bonds is 10. The molecule has 7 nitrogen and oxygen atoms in total. The summed E-state index contributed by atoms with van der Waals surface area (Å²) in [5.74, 6) is 1.52. The minimum atomic E-state index is -3.39. The van der Waals surface area contributed by atoms with Gasteiger partial charge in [-0.05, 0) is 42.9 Å². The maximum Gasteiger partial charge on any atom is 0.242 e. The highest BCUT2D eigenvalue weighted by Gasteiger charge is 2.20. The zero-order chi connectivity index (χ0) is 19.0. The Morgan fingerprint density at radius 3 is 2.44 bits per heavy atom. The van der Waals surface area contributed by atoms with Gasteiger partial charge in [0.15, 0.2) is 5.96 Å². The van der Waals surface area contributed by atoms with Crippen LogP contribution in [0, 0.1) is 5.92 Å². The highest BCUT2D eigenvalue weighted by molar-refractivity contribution is 14.0.